The van der Waals surface area contributed by atoms with E-state index in [0.717, 1.165) is 26.2 Å². The summed E-state index contributed by atoms with van der Waals surface area (Å²) in [4.78, 5) is 16.4. The number of nitriles is 1. The molecule has 21 heavy (non-hydrogen) atoms. The van der Waals surface area contributed by atoms with E-state index < -0.39 is 0 Å². The van der Waals surface area contributed by atoms with Crippen LogP contribution in [0, 0.1) is 11.3 Å². The minimum atomic E-state index is -0.0228. The molecule has 0 radical (unpaired) electrons. The highest BCUT2D eigenvalue weighted by atomic mass is 16.5. The first kappa shape index (κ1) is 15.3. The smallest absolute Gasteiger partial charge is 0.260 e. The third-order valence-corrected chi connectivity index (χ3v) is 3.88. The second-order valence-corrected chi connectivity index (χ2v) is 5.21. The third kappa shape index (κ3) is 3.73. The van der Waals surface area contributed by atoms with Crippen molar-refractivity contribution in [3.8, 4) is 11.8 Å². The van der Waals surface area contributed by atoms with Gasteiger partial charge >= 0.3 is 0 Å². The molecule has 1 aliphatic rings. The van der Waals surface area contributed by atoms with Crippen LogP contribution in [-0.2, 0) is 4.79 Å². The molecule has 1 atom stereocenters. The van der Waals surface area contributed by atoms with Crippen LogP contribution in [0.5, 0.6) is 5.75 Å². The molecule has 2 rings (SSSR count). The number of para-hydroxylation sites is 1. The Labute approximate surface area is 125 Å². The average Bonchev–Trinajstić information content (AvgIpc) is 2.52. The Hall–Kier alpha value is -2.06. The summed E-state index contributed by atoms with van der Waals surface area (Å²) < 4.78 is 5.50. The molecule has 1 aromatic rings. The van der Waals surface area contributed by atoms with Gasteiger partial charge < -0.3 is 9.64 Å². The van der Waals surface area contributed by atoms with E-state index in [1.807, 2.05) is 4.90 Å². The second kappa shape index (κ2) is 7.09. The Balaban J connectivity index is 1.89. The number of hydrogen-bond acceptors (Lipinski definition) is 4. The molecule has 1 heterocycles. The van der Waals surface area contributed by atoms with Crippen molar-refractivity contribution < 1.29 is 9.53 Å². The first-order valence-corrected chi connectivity index (χ1v) is 7.29. The van der Waals surface area contributed by atoms with Gasteiger partial charge in [-0.25, -0.2) is 0 Å². The maximum Gasteiger partial charge on any atom is 0.260 e. The van der Waals surface area contributed by atoms with Crippen LogP contribution >= 0.6 is 0 Å². The molecule has 5 heteroatoms. The third-order valence-electron chi connectivity index (χ3n) is 3.88. The van der Waals surface area contributed by atoms with Gasteiger partial charge in [-0.05, 0) is 25.6 Å². The Morgan fingerprint density at radius 3 is 2.86 bits per heavy atom. The van der Waals surface area contributed by atoms with Gasteiger partial charge in [0.05, 0.1) is 5.56 Å². The van der Waals surface area contributed by atoms with Crippen molar-refractivity contribution in [2.45, 2.75) is 19.9 Å². The summed E-state index contributed by atoms with van der Waals surface area (Å²) in [6, 6.07) is 9.40. The van der Waals surface area contributed by atoms with Crippen molar-refractivity contribution >= 4 is 5.91 Å². The lowest BCUT2D eigenvalue weighted by Gasteiger charge is -2.39. The average molecular weight is 287 g/mol. The molecule has 1 aliphatic heterocycles. The maximum absolute atomic E-state index is 12.2. The van der Waals surface area contributed by atoms with E-state index in [1.165, 1.54) is 0 Å². The number of nitrogens with zero attached hydrogens (tertiary/aromatic N) is 3. The lowest BCUT2D eigenvalue weighted by molar-refractivity contribution is -0.136. The Morgan fingerprint density at radius 2 is 2.19 bits per heavy atom. The normalized spacial score (nSPS) is 19.1. The van der Waals surface area contributed by atoms with Crippen LogP contribution in [0.25, 0.3) is 0 Å². The van der Waals surface area contributed by atoms with Crippen LogP contribution in [-0.4, -0.2) is 54.5 Å². The van der Waals surface area contributed by atoms with Gasteiger partial charge in [0.15, 0.2) is 6.61 Å². The van der Waals surface area contributed by atoms with Crippen molar-refractivity contribution in [3.05, 3.63) is 29.8 Å². The molecule has 1 amide bonds. The topological polar surface area (TPSA) is 56.6 Å². The monoisotopic (exact) mass is 287 g/mol. The molecule has 1 unspecified atom stereocenters. The largest absolute Gasteiger partial charge is 0.482 e. The van der Waals surface area contributed by atoms with E-state index in [0.29, 0.717) is 17.4 Å². The van der Waals surface area contributed by atoms with Crippen molar-refractivity contribution in [1.82, 2.24) is 9.80 Å². The van der Waals surface area contributed by atoms with Gasteiger partial charge in [0.25, 0.3) is 5.91 Å². The number of rotatable bonds is 4. The number of benzene rings is 1. The predicted molar refractivity (Wildman–Crippen MR) is 79.9 cm³/mol. The summed E-state index contributed by atoms with van der Waals surface area (Å²) in [5, 5.41) is 8.99. The van der Waals surface area contributed by atoms with Crippen LogP contribution < -0.4 is 4.74 Å². The van der Waals surface area contributed by atoms with E-state index in [2.05, 4.69) is 24.8 Å². The molecule has 0 N–H and O–H groups in total. The van der Waals surface area contributed by atoms with Gasteiger partial charge in [-0.2, -0.15) is 5.26 Å². The molecule has 112 valence electrons. The standard InChI is InChI=1S/C16H21N3O2/c1-3-18-8-9-19(11-13(18)2)16(20)12-21-15-7-5-4-6-14(15)10-17/h4-7,13H,3,8-9,11-12H2,1-2H3. The van der Waals surface area contributed by atoms with E-state index in [4.69, 9.17) is 10.00 Å². The predicted octanol–water partition coefficient (Wildman–Crippen LogP) is 1.49. The highest BCUT2D eigenvalue weighted by Gasteiger charge is 2.25. The molecule has 1 fully saturated rings. The zero-order chi connectivity index (χ0) is 15.2. The first-order valence-electron chi connectivity index (χ1n) is 7.29. The summed E-state index contributed by atoms with van der Waals surface area (Å²) in [6.45, 7) is 7.63. The first-order chi connectivity index (χ1) is 10.2. The fraction of sp³-hybridized carbons (Fsp3) is 0.500. The molecule has 1 saturated heterocycles. The quantitative estimate of drug-likeness (QED) is 0.842. The van der Waals surface area contributed by atoms with E-state index >= 15 is 0 Å². The molecule has 0 aromatic heterocycles. The van der Waals surface area contributed by atoms with Crippen LogP contribution in [0.1, 0.15) is 19.4 Å². The molecular weight excluding hydrogens is 266 g/mol. The number of carbonyl (C=O) groups excluding carboxylic acids is 1. The fourth-order valence-corrected chi connectivity index (χ4v) is 2.61. The van der Waals surface area contributed by atoms with Gasteiger partial charge in [-0.1, -0.05) is 19.1 Å². The Morgan fingerprint density at radius 1 is 1.43 bits per heavy atom. The second-order valence-electron chi connectivity index (χ2n) is 5.21. The summed E-state index contributed by atoms with van der Waals surface area (Å²) in [6.07, 6.45) is 0. The molecule has 0 bridgehead atoms. The van der Waals surface area contributed by atoms with Crippen LogP contribution in [0.2, 0.25) is 0 Å². The molecular formula is C16H21N3O2. The van der Waals surface area contributed by atoms with Crippen molar-refractivity contribution in [1.29, 1.82) is 5.26 Å². The van der Waals surface area contributed by atoms with Crippen molar-refractivity contribution in [2.24, 2.45) is 0 Å². The number of hydrogen-bond donors (Lipinski definition) is 0. The van der Waals surface area contributed by atoms with E-state index in [9.17, 15) is 4.79 Å². The van der Waals surface area contributed by atoms with Gasteiger partial charge in [0.1, 0.15) is 11.8 Å². The molecule has 0 saturated carbocycles. The highest BCUT2D eigenvalue weighted by molar-refractivity contribution is 5.78. The summed E-state index contributed by atoms with van der Waals surface area (Å²) >= 11 is 0. The fourth-order valence-electron chi connectivity index (χ4n) is 2.61. The molecule has 1 aromatic carbocycles. The summed E-state index contributed by atoms with van der Waals surface area (Å²) in [5.74, 6) is 0.443. The molecule has 0 spiro atoms. The lowest BCUT2D eigenvalue weighted by atomic mass is 10.2. The van der Waals surface area contributed by atoms with Crippen LogP contribution in [0.15, 0.2) is 24.3 Å². The number of piperazine rings is 1. The number of carbonyl (C=O) groups is 1. The molecule has 5 nitrogen and oxygen atoms in total. The van der Waals surface area contributed by atoms with Gasteiger partial charge in [-0.15, -0.1) is 0 Å². The minimum absolute atomic E-state index is 0.0163. The number of likely N-dealkylation sites (N-methyl/N-ethyl adjacent to an activating group) is 1. The van der Waals surface area contributed by atoms with E-state index in [1.54, 1.807) is 24.3 Å². The Kier molecular flexibility index (Phi) is 5.18. The lowest BCUT2D eigenvalue weighted by Crippen LogP contribution is -2.54. The number of ether oxygens (including phenoxy) is 1. The van der Waals surface area contributed by atoms with Gasteiger partial charge in [0.2, 0.25) is 0 Å². The molecule has 0 aliphatic carbocycles. The maximum atomic E-state index is 12.2. The SMILES string of the molecule is CCN1CCN(C(=O)COc2ccccc2C#N)CC1C. The van der Waals surface area contributed by atoms with Crippen molar-refractivity contribution in [3.63, 3.8) is 0 Å². The minimum Gasteiger partial charge on any atom is -0.482 e. The zero-order valence-corrected chi connectivity index (χ0v) is 12.6. The van der Waals surface area contributed by atoms with E-state index in [-0.39, 0.29) is 12.5 Å². The van der Waals surface area contributed by atoms with Gasteiger partial charge in [0, 0.05) is 25.7 Å². The summed E-state index contributed by atoms with van der Waals surface area (Å²) in [5.41, 5.74) is 0.453. The zero-order valence-electron chi connectivity index (χ0n) is 12.6. The van der Waals surface area contributed by atoms with Crippen LogP contribution in [0.4, 0.5) is 0 Å². The summed E-state index contributed by atoms with van der Waals surface area (Å²) in [7, 11) is 0. The van der Waals surface area contributed by atoms with Gasteiger partial charge in [-0.3, -0.25) is 9.69 Å². The van der Waals surface area contributed by atoms with Crippen molar-refractivity contribution in [2.75, 3.05) is 32.8 Å². The van der Waals surface area contributed by atoms with Crippen LogP contribution in [0.3, 0.4) is 0 Å². The Bertz CT molecular complexity index is 539. The number of amides is 1. The highest BCUT2D eigenvalue weighted by Crippen LogP contribution is 2.17.